The highest BCUT2D eigenvalue weighted by atomic mass is 16.6. The maximum Gasteiger partial charge on any atom is 0.410 e. The number of aliphatic hydroxyl groups is 1. The average molecular weight is 326 g/mol. The van der Waals surface area contributed by atoms with Gasteiger partial charge in [0.1, 0.15) is 5.60 Å². The molecule has 0 aromatic rings. The number of piperidine rings is 2. The molecule has 2 saturated heterocycles. The molecule has 2 aliphatic heterocycles. The zero-order valence-electron chi connectivity index (χ0n) is 15.1. The Morgan fingerprint density at radius 3 is 2.65 bits per heavy atom. The molecule has 2 aliphatic rings. The van der Waals surface area contributed by atoms with Crippen molar-refractivity contribution in [1.82, 2.24) is 9.80 Å². The van der Waals surface area contributed by atoms with Crippen LogP contribution in [0.1, 0.15) is 59.3 Å². The molecule has 1 amide bonds. The number of amides is 1. The molecule has 0 unspecified atom stereocenters. The zero-order valence-corrected chi connectivity index (χ0v) is 15.1. The third-order valence-corrected chi connectivity index (χ3v) is 4.92. The highest BCUT2D eigenvalue weighted by Gasteiger charge is 2.35. The fraction of sp³-hybridized carbons (Fsp3) is 0.944. The van der Waals surface area contributed by atoms with Crippen LogP contribution in [0.15, 0.2) is 0 Å². The van der Waals surface area contributed by atoms with E-state index >= 15 is 0 Å². The zero-order chi connectivity index (χ0) is 16.9. The van der Waals surface area contributed by atoms with Gasteiger partial charge in [0.15, 0.2) is 0 Å². The summed E-state index contributed by atoms with van der Waals surface area (Å²) in [7, 11) is 0. The minimum absolute atomic E-state index is 0.167. The molecular formula is C18H34N2O3. The number of hydrogen-bond acceptors (Lipinski definition) is 4. The number of aliphatic hydroxyl groups excluding tert-OH is 1. The molecule has 0 aromatic carbocycles. The maximum absolute atomic E-state index is 12.4. The van der Waals surface area contributed by atoms with Gasteiger partial charge in [-0.1, -0.05) is 6.42 Å². The van der Waals surface area contributed by atoms with Crippen LogP contribution < -0.4 is 0 Å². The number of rotatable bonds is 4. The van der Waals surface area contributed by atoms with Gasteiger partial charge in [-0.05, 0) is 65.3 Å². The second kappa shape index (κ2) is 8.34. The molecule has 0 aromatic heterocycles. The molecule has 1 N–H and O–H groups in total. The summed E-state index contributed by atoms with van der Waals surface area (Å²) in [5.41, 5.74) is -0.429. The Hall–Kier alpha value is -0.810. The lowest BCUT2D eigenvalue weighted by Gasteiger charge is -2.44. The van der Waals surface area contributed by atoms with E-state index in [0.29, 0.717) is 12.0 Å². The number of likely N-dealkylation sites (tertiary alicyclic amines) is 2. The van der Waals surface area contributed by atoms with Gasteiger partial charge in [-0.25, -0.2) is 4.79 Å². The van der Waals surface area contributed by atoms with E-state index in [1.54, 1.807) is 0 Å². The van der Waals surface area contributed by atoms with Crippen LogP contribution in [0, 0.1) is 5.92 Å². The summed E-state index contributed by atoms with van der Waals surface area (Å²) in [6.45, 7) is 9.76. The van der Waals surface area contributed by atoms with Gasteiger partial charge in [0.05, 0.1) is 0 Å². The first-order valence-electron chi connectivity index (χ1n) is 9.23. The molecule has 0 saturated carbocycles. The van der Waals surface area contributed by atoms with E-state index in [9.17, 15) is 4.79 Å². The van der Waals surface area contributed by atoms with E-state index in [2.05, 4.69) is 4.90 Å². The van der Waals surface area contributed by atoms with Crippen molar-refractivity contribution in [2.45, 2.75) is 70.9 Å². The fourth-order valence-corrected chi connectivity index (χ4v) is 3.92. The van der Waals surface area contributed by atoms with E-state index in [0.717, 1.165) is 39.0 Å². The van der Waals surface area contributed by atoms with Crippen LogP contribution in [-0.4, -0.2) is 65.4 Å². The van der Waals surface area contributed by atoms with Crippen molar-refractivity contribution in [2.24, 2.45) is 5.92 Å². The van der Waals surface area contributed by atoms with Crippen LogP contribution >= 0.6 is 0 Å². The molecular weight excluding hydrogens is 292 g/mol. The van der Waals surface area contributed by atoms with Crippen LogP contribution in [0.2, 0.25) is 0 Å². The smallest absolute Gasteiger partial charge is 0.410 e. The van der Waals surface area contributed by atoms with Gasteiger partial charge < -0.3 is 14.7 Å². The Morgan fingerprint density at radius 2 is 1.96 bits per heavy atom. The van der Waals surface area contributed by atoms with Gasteiger partial charge in [0.2, 0.25) is 0 Å². The summed E-state index contributed by atoms with van der Waals surface area (Å²) in [6.07, 6.45) is 6.69. The quantitative estimate of drug-likeness (QED) is 0.863. The lowest BCUT2D eigenvalue weighted by molar-refractivity contribution is 0.00398. The van der Waals surface area contributed by atoms with E-state index in [-0.39, 0.29) is 12.7 Å². The van der Waals surface area contributed by atoms with Gasteiger partial charge in [-0.3, -0.25) is 4.90 Å². The molecule has 5 heteroatoms. The summed E-state index contributed by atoms with van der Waals surface area (Å²) in [6, 6.07) is 0.556. The monoisotopic (exact) mass is 326 g/mol. The summed E-state index contributed by atoms with van der Waals surface area (Å²) in [5, 5.41) is 9.12. The van der Waals surface area contributed by atoms with Gasteiger partial charge in [-0.15, -0.1) is 0 Å². The fourth-order valence-electron chi connectivity index (χ4n) is 3.92. The minimum Gasteiger partial charge on any atom is -0.444 e. The normalized spacial score (nSPS) is 27.0. The van der Waals surface area contributed by atoms with Crippen molar-refractivity contribution in [3.63, 3.8) is 0 Å². The molecule has 0 aliphatic carbocycles. The number of carbonyl (C=O) groups excluding carboxylic acids is 1. The van der Waals surface area contributed by atoms with Gasteiger partial charge >= 0.3 is 6.09 Å². The van der Waals surface area contributed by atoms with Gasteiger partial charge in [0, 0.05) is 32.3 Å². The number of nitrogens with zero attached hydrogens (tertiary/aromatic N) is 2. The van der Waals surface area contributed by atoms with Crippen molar-refractivity contribution in [3.05, 3.63) is 0 Å². The Kier molecular flexibility index (Phi) is 6.72. The standard InChI is InChI=1S/C18H34N2O3/c1-18(2,3)23-17(22)20-11-6-8-15(14-20)16-9-4-5-10-19(16)12-7-13-21/h15-16,21H,4-14H2,1-3H3/t15-,16+/m0/s1. The van der Waals surface area contributed by atoms with Crippen molar-refractivity contribution in [2.75, 3.05) is 32.8 Å². The molecule has 23 heavy (non-hydrogen) atoms. The van der Waals surface area contributed by atoms with Crippen LogP contribution in [0.4, 0.5) is 4.79 Å². The molecule has 2 fully saturated rings. The second-order valence-electron chi connectivity index (χ2n) is 8.00. The first-order chi connectivity index (χ1) is 10.9. The van der Waals surface area contributed by atoms with Gasteiger partial charge in [0.25, 0.3) is 0 Å². The number of ether oxygens (including phenoxy) is 1. The predicted octanol–water partition coefficient (Wildman–Crippen LogP) is 2.87. The molecule has 0 bridgehead atoms. The molecule has 0 radical (unpaired) electrons. The van der Waals surface area contributed by atoms with E-state index in [4.69, 9.17) is 9.84 Å². The van der Waals surface area contributed by atoms with Gasteiger partial charge in [-0.2, -0.15) is 0 Å². The molecule has 5 nitrogen and oxygen atoms in total. The maximum atomic E-state index is 12.4. The number of hydrogen-bond donors (Lipinski definition) is 1. The Bertz CT molecular complexity index is 381. The summed E-state index contributed by atoms with van der Waals surface area (Å²) >= 11 is 0. The van der Waals surface area contributed by atoms with Crippen LogP contribution in [0.5, 0.6) is 0 Å². The van der Waals surface area contributed by atoms with Crippen LogP contribution in [0.25, 0.3) is 0 Å². The molecule has 0 spiro atoms. The molecule has 2 heterocycles. The third-order valence-electron chi connectivity index (χ3n) is 4.92. The molecule has 2 atom stereocenters. The predicted molar refractivity (Wildman–Crippen MR) is 91.4 cm³/mol. The first kappa shape index (κ1) is 18.5. The Labute approximate surface area is 141 Å². The van der Waals surface area contributed by atoms with Crippen LogP contribution in [-0.2, 0) is 4.74 Å². The largest absolute Gasteiger partial charge is 0.444 e. The minimum atomic E-state index is -0.429. The summed E-state index contributed by atoms with van der Waals surface area (Å²) < 4.78 is 5.54. The lowest BCUT2D eigenvalue weighted by Crippen LogP contribution is -2.51. The Morgan fingerprint density at radius 1 is 1.17 bits per heavy atom. The first-order valence-corrected chi connectivity index (χ1v) is 9.23. The Balaban J connectivity index is 1.94. The van der Waals surface area contributed by atoms with Crippen molar-refractivity contribution >= 4 is 6.09 Å². The average Bonchev–Trinajstić information content (AvgIpc) is 2.52. The summed E-state index contributed by atoms with van der Waals surface area (Å²) in [5.74, 6) is 0.537. The SMILES string of the molecule is CC(C)(C)OC(=O)N1CCC[C@H]([C@H]2CCCCN2CCCO)C1. The van der Waals surface area contributed by atoms with Crippen LogP contribution in [0.3, 0.4) is 0 Å². The lowest BCUT2D eigenvalue weighted by atomic mass is 9.84. The van der Waals surface area contributed by atoms with E-state index in [1.807, 2.05) is 25.7 Å². The molecule has 2 rings (SSSR count). The summed E-state index contributed by atoms with van der Waals surface area (Å²) in [4.78, 5) is 16.8. The highest BCUT2D eigenvalue weighted by Crippen LogP contribution is 2.30. The van der Waals surface area contributed by atoms with Crippen molar-refractivity contribution < 1.29 is 14.6 Å². The van der Waals surface area contributed by atoms with E-state index in [1.165, 1.54) is 25.7 Å². The highest BCUT2D eigenvalue weighted by molar-refractivity contribution is 5.68. The third kappa shape index (κ3) is 5.64. The topological polar surface area (TPSA) is 53.0 Å². The second-order valence-corrected chi connectivity index (χ2v) is 8.00. The van der Waals surface area contributed by atoms with E-state index < -0.39 is 5.60 Å². The molecule has 134 valence electrons. The number of carbonyl (C=O) groups is 1. The van der Waals surface area contributed by atoms with Crippen molar-refractivity contribution in [3.8, 4) is 0 Å². The van der Waals surface area contributed by atoms with Crippen molar-refractivity contribution in [1.29, 1.82) is 0 Å².